The van der Waals surface area contributed by atoms with E-state index < -0.39 is 0 Å². The lowest BCUT2D eigenvalue weighted by Crippen LogP contribution is -2.35. The minimum Gasteiger partial charge on any atom is -0.448 e. The van der Waals surface area contributed by atoms with Crippen LogP contribution in [0.5, 0.6) is 0 Å². The van der Waals surface area contributed by atoms with Gasteiger partial charge in [-0.15, -0.1) is 0 Å². The van der Waals surface area contributed by atoms with Crippen LogP contribution in [0.4, 0.5) is 0 Å². The van der Waals surface area contributed by atoms with Gasteiger partial charge >= 0.3 is 0 Å². The fourth-order valence-electron chi connectivity index (χ4n) is 2.66. The van der Waals surface area contributed by atoms with Crippen LogP contribution in [-0.2, 0) is 9.47 Å². The van der Waals surface area contributed by atoms with Crippen molar-refractivity contribution < 1.29 is 18.7 Å². The monoisotopic (exact) mass is 295 g/mol. The topological polar surface area (TPSA) is 76.8 Å². The van der Waals surface area contributed by atoms with Crippen LogP contribution >= 0.6 is 0 Å². The summed E-state index contributed by atoms with van der Waals surface area (Å²) < 4.78 is 16.2. The molecule has 2 fully saturated rings. The van der Waals surface area contributed by atoms with Gasteiger partial charge in [0, 0.05) is 13.0 Å². The van der Waals surface area contributed by atoms with E-state index in [2.05, 4.69) is 10.3 Å². The molecule has 0 aromatic carbocycles. The zero-order valence-electron chi connectivity index (χ0n) is 12.2. The predicted molar refractivity (Wildman–Crippen MR) is 74.0 cm³/mol. The van der Waals surface area contributed by atoms with Crippen molar-refractivity contribution in [2.24, 2.45) is 0 Å². The number of ether oxygens (including phenoxy) is 2. The Hall–Kier alpha value is -1.44. The van der Waals surface area contributed by atoms with Gasteiger partial charge in [0.05, 0.1) is 19.8 Å². The summed E-state index contributed by atoms with van der Waals surface area (Å²) in [7, 11) is 1.71. The molecule has 2 aliphatic rings. The van der Waals surface area contributed by atoms with Crippen LogP contribution in [0.25, 0.3) is 0 Å². The third kappa shape index (κ3) is 3.42. The van der Waals surface area contributed by atoms with Crippen LogP contribution in [0.2, 0.25) is 0 Å². The van der Waals surface area contributed by atoms with Crippen LogP contribution in [-0.4, -0.2) is 62.0 Å². The molecule has 116 valence electrons. The zero-order chi connectivity index (χ0) is 14.7. The van der Waals surface area contributed by atoms with Crippen LogP contribution < -0.4 is 5.32 Å². The first kappa shape index (κ1) is 14.5. The Morgan fingerprint density at radius 3 is 2.81 bits per heavy atom. The number of carbonyl (C=O) groups excluding carboxylic acids is 1. The number of oxazole rings is 1. The summed E-state index contributed by atoms with van der Waals surface area (Å²) in [6, 6.07) is 0. The van der Waals surface area contributed by atoms with Gasteiger partial charge in [0.25, 0.3) is 5.91 Å². The average molecular weight is 295 g/mol. The van der Waals surface area contributed by atoms with Gasteiger partial charge in [-0.2, -0.15) is 0 Å². The van der Waals surface area contributed by atoms with Crippen molar-refractivity contribution in [2.75, 3.05) is 39.9 Å². The molecule has 21 heavy (non-hydrogen) atoms. The molecule has 1 aromatic rings. The molecule has 1 amide bonds. The van der Waals surface area contributed by atoms with Crippen molar-refractivity contribution in [1.82, 2.24) is 15.2 Å². The highest BCUT2D eigenvalue weighted by atomic mass is 16.7. The number of nitrogens with zero attached hydrogens (tertiary/aromatic N) is 2. The van der Waals surface area contributed by atoms with E-state index in [9.17, 15) is 4.79 Å². The molecule has 7 heteroatoms. The molecule has 3 rings (SSSR count). The number of carbonyl (C=O) groups is 1. The van der Waals surface area contributed by atoms with Gasteiger partial charge in [-0.25, -0.2) is 4.98 Å². The van der Waals surface area contributed by atoms with Gasteiger partial charge in [-0.1, -0.05) is 0 Å². The highest BCUT2D eigenvalue weighted by Gasteiger charge is 2.25. The largest absolute Gasteiger partial charge is 0.448 e. The number of hydrogen-bond acceptors (Lipinski definition) is 6. The third-order valence-corrected chi connectivity index (χ3v) is 3.89. The van der Waals surface area contributed by atoms with E-state index in [1.54, 1.807) is 11.9 Å². The van der Waals surface area contributed by atoms with E-state index in [4.69, 9.17) is 13.9 Å². The van der Waals surface area contributed by atoms with Crippen LogP contribution in [0, 0.1) is 0 Å². The molecule has 0 bridgehead atoms. The Kier molecular flexibility index (Phi) is 4.52. The number of aromatic nitrogens is 1. The maximum atomic E-state index is 12.3. The van der Waals surface area contributed by atoms with E-state index >= 15 is 0 Å². The molecule has 2 aliphatic heterocycles. The standard InChI is InChI=1S/C14H21N3O4/c1-17(8-12-19-6-7-20-12)14(18)11-9-21-13(16-11)10-2-4-15-5-3-10/h9-10,12,15H,2-8H2,1H3. The summed E-state index contributed by atoms with van der Waals surface area (Å²) in [5.74, 6) is 0.805. The molecule has 0 radical (unpaired) electrons. The number of hydrogen-bond donors (Lipinski definition) is 1. The second kappa shape index (κ2) is 6.55. The average Bonchev–Trinajstić information content (AvgIpc) is 3.18. The van der Waals surface area contributed by atoms with E-state index in [1.165, 1.54) is 6.26 Å². The first-order valence-electron chi connectivity index (χ1n) is 7.39. The SMILES string of the molecule is CN(CC1OCCO1)C(=O)c1coc(C2CCNCC2)n1. The summed E-state index contributed by atoms with van der Waals surface area (Å²) >= 11 is 0. The lowest BCUT2D eigenvalue weighted by molar-refractivity contribution is -0.0543. The first-order chi connectivity index (χ1) is 10.2. The van der Waals surface area contributed by atoms with Crippen molar-refractivity contribution in [3.05, 3.63) is 17.8 Å². The van der Waals surface area contributed by atoms with Crippen LogP contribution in [0.15, 0.2) is 10.7 Å². The number of piperidine rings is 1. The molecular weight excluding hydrogens is 274 g/mol. The van der Waals surface area contributed by atoms with Gasteiger partial charge in [0.1, 0.15) is 6.26 Å². The van der Waals surface area contributed by atoms with E-state index in [-0.39, 0.29) is 12.2 Å². The summed E-state index contributed by atoms with van der Waals surface area (Å²) in [5, 5.41) is 3.30. The van der Waals surface area contributed by atoms with Gasteiger partial charge in [-0.3, -0.25) is 4.79 Å². The summed E-state index contributed by atoms with van der Waals surface area (Å²) in [6.45, 7) is 3.49. The van der Waals surface area contributed by atoms with E-state index in [1.807, 2.05) is 0 Å². The third-order valence-electron chi connectivity index (χ3n) is 3.89. The van der Waals surface area contributed by atoms with Gasteiger partial charge in [-0.05, 0) is 25.9 Å². The van der Waals surface area contributed by atoms with Gasteiger partial charge in [0.2, 0.25) is 0 Å². The lowest BCUT2D eigenvalue weighted by Gasteiger charge is -2.20. The van der Waals surface area contributed by atoms with Crippen molar-refractivity contribution in [3.8, 4) is 0 Å². The van der Waals surface area contributed by atoms with Crippen molar-refractivity contribution in [2.45, 2.75) is 25.0 Å². The Bertz CT molecular complexity index is 478. The molecule has 0 spiro atoms. The molecular formula is C14H21N3O4. The molecule has 3 heterocycles. The normalized spacial score (nSPS) is 20.8. The number of likely N-dealkylation sites (N-methyl/N-ethyl adjacent to an activating group) is 1. The maximum Gasteiger partial charge on any atom is 0.275 e. The van der Waals surface area contributed by atoms with Crippen molar-refractivity contribution >= 4 is 5.91 Å². The van der Waals surface area contributed by atoms with Gasteiger partial charge < -0.3 is 24.1 Å². The molecule has 0 saturated carbocycles. The lowest BCUT2D eigenvalue weighted by atomic mass is 9.98. The van der Waals surface area contributed by atoms with E-state index in [0.29, 0.717) is 37.3 Å². The Morgan fingerprint density at radius 1 is 1.38 bits per heavy atom. The zero-order valence-corrected chi connectivity index (χ0v) is 12.2. The summed E-state index contributed by atoms with van der Waals surface area (Å²) in [5.41, 5.74) is 0.351. The molecule has 0 unspecified atom stereocenters. The fraction of sp³-hybridized carbons (Fsp3) is 0.714. The molecule has 1 N–H and O–H groups in total. The number of nitrogens with one attached hydrogen (secondary N) is 1. The summed E-state index contributed by atoms with van der Waals surface area (Å²) in [4.78, 5) is 18.2. The Labute approximate surface area is 123 Å². The first-order valence-corrected chi connectivity index (χ1v) is 7.39. The maximum absolute atomic E-state index is 12.3. The number of amides is 1. The fourth-order valence-corrected chi connectivity index (χ4v) is 2.66. The molecule has 0 aliphatic carbocycles. The minimum absolute atomic E-state index is 0.168. The quantitative estimate of drug-likeness (QED) is 0.876. The molecule has 2 saturated heterocycles. The van der Waals surface area contributed by atoms with Crippen LogP contribution in [0.3, 0.4) is 0 Å². The highest BCUT2D eigenvalue weighted by molar-refractivity contribution is 5.91. The van der Waals surface area contributed by atoms with E-state index in [0.717, 1.165) is 25.9 Å². The second-order valence-electron chi connectivity index (χ2n) is 5.45. The second-order valence-corrected chi connectivity index (χ2v) is 5.45. The van der Waals surface area contributed by atoms with Crippen molar-refractivity contribution in [3.63, 3.8) is 0 Å². The van der Waals surface area contributed by atoms with Gasteiger partial charge in [0.15, 0.2) is 17.9 Å². The highest BCUT2D eigenvalue weighted by Crippen LogP contribution is 2.24. The molecule has 0 atom stereocenters. The number of rotatable bonds is 4. The smallest absolute Gasteiger partial charge is 0.275 e. The Balaban J connectivity index is 1.60. The summed E-state index contributed by atoms with van der Waals surface area (Å²) in [6.07, 6.45) is 3.10. The predicted octanol–water partition coefficient (Wildman–Crippen LogP) is 0.586. The minimum atomic E-state index is -0.338. The Morgan fingerprint density at radius 2 is 2.10 bits per heavy atom. The van der Waals surface area contributed by atoms with Crippen LogP contribution in [0.1, 0.15) is 35.1 Å². The van der Waals surface area contributed by atoms with Crippen molar-refractivity contribution in [1.29, 1.82) is 0 Å². The molecule has 1 aromatic heterocycles. The molecule has 7 nitrogen and oxygen atoms in total.